The number of rotatable bonds is 6. The van der Waals surface area contributed by atoms with Gasteiger partial charge in [-0.1, -0.05) is 36.6 Å². The lowest BCUT2D eigenvalue weighted by Gasteiger charge is -2.27. The lowest BCUT2D eigenvalue weighted by molar-refractivity contribution is -0.149. The highest BCUT2D eigenvalue weighted by atomic mass is 35.5. The van der Waals surface area contributed by atoms with Crippen molar-refractivity contribution < 1.29 is 24.3 Å². The topological polar surface area (TPSA) is 125 Å². The minimum atomic E-state index is -1.00. The first-order valence-electron chi connectivity index (χ1n) is 8.74. The Kier molecular flexibility index (Phi) is 7.60. The van der Waals surface area contributed by atoms with E-state index in [1.54, 1.807) is 24.3 Å². The highest BCUT2D eigenvalue weighted by molar-refractivity contribution is 6.33. The number of halogens is 1. The van der Waals surface area contributed by atoms with Crippen LogP contribution in [0.3, 0.4) is 0 Å². The lowest BCUT2D eigenvalue weighted by Crippen LogP contribution is -2.48. The normalized spacial score (nSPS) is 19.0. The van der Waals surface area contributed by atoms with Crippen LogP contribution in [0.1, 0.15) is 38.5 Å². The first-order chi connectivity index (χ1) is 12.9. The van der Waals surface area contributed by atoms with Gasteiger partial charge in [0.05, 0.1) is 22.5 Å². The Morgan fingerprint density at radius 1 is 0.963 bits per heavy atom. The molecule has 0 bridgehead atoms. The number of benzene rings is 1. The van der Waals surface area contributed by atoms with Gasteiger partial charge in [-0.3, -0.25) is 30.0 Å². The molecule has 2 rings (SSSR count). The predicted molar refractivity (Wildman–Crippen MR) is 98.7 cm³/mol. The summed E-state index contributed by atoms with van der Waals surface area (Å²) < 4.78 is 0. The van der Waals surface area contributed by atoms with E-state index in [-0.39, 0.29) is 18.7 Å². The summed E-state index contributed by atoms with van der Waals surface area (Å²) in [5.41, 5.74) is 4.95. The fraction of sp³-hybridized carbons (Fsp3) is 0.444. The van der Waals surface area contributed by atoms with Crippen molar-refractivity contribution in [3.05, 3.63) is 29.3 Å². The van der Waals surface area contributed by atoms with Crippen molar-refractivity contribution in [2.75, 3.05) is 5.32 Å². The van der Waals surface area contributed by atoms with E-state index in [9.17, 15) is 24.3 Å². The van der Waals surface area contributed by atoms with Gasteiger partial charge in [0, 0.05) is 12.8 Å². The molecular formula is C18H22ClN3O5. The zero-order valence-electron chi connectivity index (χ0n) is 14.7. The summed E-state index contributed by atoms with van der Waals surface area (Å²) in [4.78, 5) is 47.1. The Morgan fingerprint density at radius 2 is 1.59 bits per heavy atom. The molecule has 1 aliphatic carbocycles. The number of anilines is 1. The molecule has 0 spiro atoms. The summed E-state index contributed by atoms with van der Waals surface area (Å²) in [5, 5.41) is 12.2. The van der Waals surface area contributed by atoms with Crippen molar-refractivity contribution in [3.63, 3.8) is 0 Å². The third-order valence-electron chi connectivity index (χ3n) is 4.47. The maximum Gasteiger partial charge on any atom is 0.307 e. The molecule has 4 N–H and O–H groups in total. The lowest BCUT2D eigenvalue weighted by atomic mass is 9.79. The first-order valence-corrected chi connectivity index (χ1v) is 9.12. The van der Waals surface area contributed by atoms with Crippen LogP contribution in [-0.2, 0) is 19.2 Å². The fourth-order valence-electron chi connectivity index (χ4n) is 3.03. The molecule has 0 heterocycles. The van der Waals surface area contributed by atoms with Gasteiger partial charge >= 0.3 is 5.97 Å². The van der Waals surface area contributed by atoms with Crippen molar-refractivity contribution in [3.8, 4) is 0 Å². The Morgan fingerprint density at radius 3 is 2.26 bits per heavy atom. The van der Waals surface area contributed by atoms with E-state index in [2.05, 4.69) is 16.2 Å². The number of amides is 3. The second-order valence-electron chi connectivity index (χ2n) is 6.40. The van der Waals surface area contributed by atoms with Crippen LogP contribution in [0, 0.1) is 11.8 Å². The summed E-state index contributed by atoms with van der Waals surface area (Å²) >= 11 is 5.94. The third kappa shape index (κ3) is 6.25. The number of carbonyl (C=O) groups excluding carboxylic acids is 3. The van der Waals surface area contributed by atoms with Gasteiger partial charge in [-0.2, -0.15) is 0 Å². The monoisotopic (exact) mass is 395 g/mol. The number of hydrogen-bond acceptors (Lipinski definition) is 4. The third-order valence-corrected chi connectivity index (χ3v) is 4.80. The van der Waals surface area contributed by atoms with Crippen molar-refractivity contribution in [2.45, 2.75) is 38.5 Å². The number of para-hydroxylation sites is 1. The molecular weight excluding hydrogens is 374 g/mol. The number of carbonyl (C=O) groups is 4. The van der Waals surface area contributed by atoms with E-state index in [1.165, 1.54) is 0 Å². The van der Waals surface area contributed by atoms with Crippen molar-refractivity contribution >= 4 is 41.0 Å². The quantitative estimate of drug-likeness (QED) is 0.549. The molecule has 1 fully saturated rings. The van der Waals surface area contributed by atoms with Gasteiger partial charge < -0.3 is 10.4 Å². The predicted octanol–water partition coefficient (Wildman–Crippen LogP) is 2.10. The molecule has 8 nitrogen and oxygen atoms in total. The Bertz CT molecular complexity index is 725. The maximum absolute atomic E-state index is 12.2. The molecule has 2 atom stereocenters. The van der Waals surface area contributed by atoms with E-state index >= 15 is 0 Å². The second-order valence-corrected chi connectivity index (χ2v) is 6.81. The van der Waals surface area contributed by atoms with Crippen LogP contribution in [0.4, 0.5) is 5.69 Å². The minimum absolute atomic E-state index is 0.0892. The summed E-state index contributed by atoms with van der Waals surface area (Å²) in [5.74, 6) is -3.85. The van der Waals surface area contributed by atoms with E-state index in [1.807, 2.05) is 0 Å². The number of nitrogens with one attached hydrogen (secondary N) is 3. The van der Waals surface area contributed by atoms with Crippen molar-refractivity contribution in [2.24, 2.45) is 11.8 Å². The smallest absolute Gasteiger partial charge is 0.307 e. The molecule has 0 unspecified atom stereocenters. The Labute approximate surface area is 161 Å². The van der Waals surface area contributed by atoms with E-state index < -0.39 is 29.6 Å². The van der Waals surface area contributed by atoms with Gasteiger partial charge in [0.25, 0.3) is 0 Å². The molecule has 0 saturated heterocycles. The molecule has 1 aliphatic rings. The van der Waals surface area contributed by atoms with Crippen LogP contribution < -0.4 is 16.2 Å². The van der Waals surface area contributed by atoms with Gasteiger partial charge in [-0.05, 0) is 25.0 Å². The molecule has 1 saturated carbocycles. The molecule has 0 radical (unpaired) electrons. The molecule has 9 heteroatoms. The molecule has 3 amide bonds. The molecule has 146 valence electrons. The standard InChI is InChI=1S/C18H22ClN3O5/c19-13-7-3-4-8-14(13)20-15(23)9-10-16(24)21-22-17(25)11-5-1-2-6-12(11)18(26)27/h3-4,7-8,11-12H,1-2,5-6,9-10H2,(H,20,23)(H,21,24)(H,22,25)(H,26,27)/t11-,12-/m1/s1. The molecule has 1 aromatic carbocycles. The van der Waals surface area contributed by atoms with Gasteiger partial charge in [0.1, 0.15) is 0 Å². The largest absolute Gasteiger partial charge is 0.481 e. The van der Waals surface area contributed by atoms with Crippen molar-refractivity contribution in [1.29, 1.82) is 0 Å². The Balaban J connectivity index is 1.74. The minimum Gasteiger partial charge on any atom is -0.481 e. The summed E-state index contributed by atoms with van der Waals surface area (Å²) in [6.07, 6.45) is 2.24. The van der Waals surface area contributed by atoms with Gasteiger partial charge in [-0.15, -0.1) is 0 Å². The van der Waals surface area contributed by atoms with Crippen LogP contribution in [0.5, 0.6) is 0 Å². The van der Waals surface area contributed by atoms with Gasteiger partial charge in [-0.25, -0.2) is 0 Å². The zero-order valence-corrected chi connectivity index (χ0v) is 15.4. The average molecular weight is 396 g/mol. The molecule has 1 aromatic rings. The number of aliphatic carboxylic acids is 1. The van der Waals surface area contributed by atoms with Gasteiger partial charge in [0.15, 0.2) is 0 Å². The maximum atomic E-state index is 12.2. The summed E-state index contributed by atoms with van der Waals surface area (Å²) in [6.45, 7) is 0. The van der Waals surface area contributed by atoms with E-state index in [0.29, 0.717) is 23.6 Å². The van der Waals surface area contributed by atoms with Crippen LogP contribution in [0.2, 0.25) is 5.02 Å². The number of carboxylic acid groups (broad SMARTS) is 1. The van der Waals surface area contributed by atoms with E-state index in [0.717, 1.165) is 12.8 Å². The first kappa shape index (κ1) is 20.7. The zero-order chi connectivity index (χ0) is 19.8. The van der Waals surface area contributed by atoms with E-state index in [4.69, 9.17) is 11.6 Å². The van der Waals surface area contributed by atoms with Crippen LogP contribution in [-0.4, -0.2) is 28.8 Å². The fourth-order valence-corrected chi connectivity index (χ4v) is 3.21. The van der Waals surface area contributed by atoms with Crippen LogP contribution in [0.25, 0.3) is 0 Å². The number of carboxylic acids is 1. The highest BCUT2D eigenvalue weighted by Gasteiger charge is 2.35. The Hall–Kier alpha value is -2.61. The van der Waals surface area contributed by atoms with Crippen LogP contribution in [0.15, 0.2) is 24.3 Å². The highest BCUT2D eigenvalue weighted by Crippen LogP contribution is 2.30. The molecule has 0 aromatic heterocycles. The molecule has 0 aliphatic heterocycles. The average Bonchev–Trinajstić information content (AvgIpc) is 2.66. The summed E-state index contributed by atoms with van der Waals surface area (Å²) in [7, 11) is 0. The second kappa shape index (κ2) is 9.91. The SMILES string of the molecule is O=C(CCC(=O)Nc1ccccc1Cl)NNC(=O)[C@@H]1CCCC[C@H]1C(=O)O. The van der Waals surface area contributed by atoms with Crippen molar-refractivity contribution in [1.82, 2.24) is 10.9 Å². The summed E-state index contributed by atoms with van der Waals surface area (Å²) in [6, 6.07) is 6.73. The number of hydrazine groups is 1. The van der Waals surface area contributed by atoms with Gasteiger partial charge in [0.2, 0.25) is 17.7 Å². The van der Waals surface area contributed by atoms with Crippen LogP contribution >= 0.6 is 11.6 Å². The number of hydrogen-bond donors (Lipinski definition) is 4. The molecule has 27 heavy (non-hydrogen) atoms.